The number of rotatable bonds is 1. The lowest BCUT2D eigenvalue weighted by atomic mass is 10.1. The van der Waals surface area contributed by atoms with Crippen molar-refractivity contribution in [2.45, 2.75) is 18.9 Å². The van der Waals surface area contributed by atoms with E-state index < -0.39 is 11.6 Å². The first kappa shape index (κ1) is 7.21. The van der Waals surface area contributed by atoms with Gasteiger partial charge in [0.15, 0.2) is 5.60 Å². The quantitative estimate of drug-likeness (QED) is 0.537. The van der Waals surface area contributed by atoms with E-state index in [0.717, 1.165) is 0 Å². The maximum absolute atomic E-state index is 10.6. The lowest BCUT2D eigenvalue weighted by molar-refractivity contribution is -0.133. The van der Waals surface area contributed by atoms with Crippen molar-refractivity contribution in [3.8, 4) is 0 Å². The van der Waals surface area contributed by atoms with Crippen molar-refractivity contribution in [2.24, 2.45) is 0 Å². The highest BCUT2D eigenvalue weighted by molar-refractivity contribution is 6.00. The number of hydrogen-bond acceptors (Lipinski definition) is 4. The van der Waals surface area contributed by atoms with Crippen LogP contribution in [-0.2, 0) is 14.3 Å². The second-order valence-corrected chi connectivity index (χ2v) is 2.41. The van der Waals surface area contributed by atoms with Gasteiger partial charge in [-0.25, -0.2) is 0 Å². The van der Waals surface area contributed by atoms with Crippen LogP contribution in [0.1, 0.15) is 13.3 Å². The predicted octanol–water partition coefficient (Wildman–Crippen LogP) is 0.316. The van der Waals surface area contributed by atoms with Gasteiger partial charge < -0.3 is 9.47 Å². The maximum Gasteiger partial charge on any atom is 0.315 e. The number of ether oxygens (including phenoxy) is 2. The minimum absolute atomic E-state index is 0.0972. The van der Waals surface area contributed by atoms with Crippen molar-refractivity contribution >= 4 is 11.9 Å². The summed E-state index contributed by atoms with van der Waals surface area (Å²) in [6.45, 7) is 1.65. The number of methoxy groups -OCH3 is 1. The molecule has 1 aliphatic rings. The zero-order valence-electron chi connectivity index (χ0n) is 5.93. The molecule has 1 fully saturated rings. The van der Waals surface area contributed by atoms with E-state index in [0.29, 0.717) is 0 Å². The Morgan fingerprint density at radius 1 is 1.80 bits per heavy atom. The second kappa shape index (κ2) is 2.05. The maximum atomic E-state index is 10.6. The van der Waals surface area contributed by atoms with Gasteiger partial charge in [0.2, 0.25) is 5.90 Å². The Bertz CT molecular complexity index is 189. The van der Waals surface area contributed by atoms with Gasteiger partial charge in [-0.15, -0.1) is 0 Å². The number of carbonyl (C=O) groups excluding carboxylic acids is 1. The van der Waals surface area contributed by atoms with Crippen LogP contribution in [0.5, 0.6) is 0 Å². The number of carbonyl (C=O) groups is 1. The Morgan fingerprint density at radius 2 is 2.40 bits per heavy atom. The Balaban J connectivity index is 2.80. The summed E-state index contributed by atoms with van der Waals surface area (Å²) in [5.74, 6) is -0.491. The number of esters is 1. The average molecular weight is 143 g/mol. The average Bonchev–Trinajstić information content (AvgIpc) is 2.09. The number of hydrogen-bond donors (Lipinski definition) is 1. The molecule has 0 bridgehead atoms. The van der Waals surface area contributed by atoms with Crippen LogP contribution in [0, 0.1) is 5.41 Å². The molecule has 1 rings (SSSR count). The third kappa shape index (κ3) is 0.903. The zero-order chi connectivity index (χ0) is 7.78. The summed E-state index contributed by atoms with van der Waals surface area (Å²) in [6.07, 6.45) is 0.141. The molecule has 0 radical (unpaired) electrons. The summed E-state index contributed by atoms with van der Waals surface area (Å²) in [5.41, 5.74) is -0.822. The zero-order valence-corrected chi connectivity index (χ0v) is 5.93. The molecule has 1 unspecified atom stereocenters. The molecular formula is C6H9NO3. The van der Waals surface area contributed by atoms with Crippen LogP contribution in [0.3, 0.4) is 0 Å². The molecule has 1 N–H and O–H groups in total. The summed E-state index contributed by atoms with van der Waals surface area (Å²) < 4.78 is 9.40. The molecule has 1 atom stereocenters. The van der Waals surface area contributed by atoms with Crippen molar-refractivity contribution < 1.29 is 14.3 Å². The van der Waals surface area contributed by atoms with Gasteiger partial charge in [0.05, 0.1) is 6.42 Å². The van der Waals surface area contributed by atoms with Crippen LogP contribution in [0.15, 0.2) is 0 Å². The van der Waals surface area contributed by atoms with Crippen molar-refractivity contribution in [1.82, 2.24) is 0 Å². The first-order valence-corrected chi connectivity index (χ1v) is 2.93. The van der Waals surface area contributed by atoms with Gasteiger partial charge in [-0.1, -0.05) is 0 Å². The van der Waals surface area contributed by atoms with Gasteiger partial charge in [0.1, 0.15) is 0 Å². The molecule has 0 amide bonds. The molecule has 0 aromatic heterocycles. The van der Waals surface area contributed by atoms with E-state index in [4.69, 9.17) is 10.1 Å². The highest BCUT2D eigenvalue weighted by atomic mass is 16.6. The van der Waals surface area contributed by atoms with Crippen molar-refractivity contribution in [1.29, 1.82) is 5.41 Å². The number of nitrogens with one attached hydrogen (secondary N) is 1. The van der Waals surface area contributed by atoms with Gasteiger partial charge in [0.25, 0.3) is 0 Å². The van der Waals surface area contributed by atoms with Crippen LogP contribution in [0.25, 0.3) is 0 Å². The van der Waals surface area contributed by atoms with Crippen molar-refractivity contribution in [3.05, 3.63) is 0 Å². The molecule has 10 heavy (non-hydrogen) atoms. The lowest BCUT2D eigenvalue weighted by Crippen LogP contribution is -2.31. The normalized spacial score (nSPS) is 32.6. The van der Waals surface area contributed by atoms with E-state index in [9.17, 15) is 4.79 Å². The van der Waals surface area contributed by atoms with Crippen molar-refractivity contribution in [2.75, 3.05) is 7.11 Å². The smallest absolute Gasteiger partial charge is 0.315 e. The van der Waals surface area contributed by atoms with E-state index in [1.165, 1.54) is 7.11 Å². The van der Waals surface area contributed by atoms with Crippen LogP contribution in [-0.4, -0.2) is 24.6 Å². The standard InChI is InChI=1S/C6H9NO3/c1-6(9-2)3-4(8)10-5(6)7/h7H,3H2,1-2H3. The molecule has 1 saturated heterocycles. The molecule has 56 valence electrons. The third-order valence-electron chi connectivity index (χ3n) is 1.63. The van der Waals surface area contributed by atoms with Gasteiger partial charge in [-0.2, -0.15) is 0 Å². The first-order chi connectivity index (χ1) is 4.58. The monoisotopic (exact) mass is 143 g/mol. The summed E-state index contributed by atoms with van der Waals surface area (Å²) in [5, 5.41) is 7.16. The summed E-state index contributed by atoms with van der Waals surface area (Å²) in [7, 11) is 1.45. The van der Waals surface area contributed by atoms with Gasteiger partial charge in [-0.05, 0) is 6.92 Å². The first-order valence-electron chi connectivity index (χ1n) is 2.93. The van der Waals surface area contributed by atoms with Crippen LogP contribution in [0.2, 0.25) is 0 Å². The van der Waals surface area contributed by atoms with Crippen molar-refractivity contribution in [3.63, 3.8) is 0 Å². The Labute approximate surface area is 58.6 Å². The third-order valence-corrected chi connectivity index (χ3v) is 1.63. The summed E-state index contributed by atoms with van der Waals surface area (Å²) in [4.78, 5) is 10.6. The summed E-state index contributed by atoms with van der Waals surface area (Å²) in [6, 6.07) is 0. The van der Waals surface area contributed by atoms with E-state index in [-0.39, 0.29) is 12.3 Å². The van der Waals surface area contributed by atoms with Gasteiger partial charge in [-0.3, -0.25) is 10.2 Å². The molecular weight excluding hydrogens is 134 g/mol. The fourth-order valence-corrected chi connectivity index (χ4v) is 0.778. The summed E-state index contributed by atoms with van der Waals surface area (Å²) >= 11 is 0. The molecule has 0 aliphatic carbocycles. The minimum atomic E-state index is -0.822. The fourth-order valence-electron chi connectivity index (χ4n) is 0.778. The minimum Gasteiger partial charge on any atom is -0.409 e. The largest absolute Gasteiger partial charge is 0.409 e. The highest BCUT2D eigenvalue weighted by Gasteiger charge is 2.42. The second-order valence-electron chi connectivity index (χ2n) is 2.41. The molecule has 1 aliphatic heterocycles. The fraction of sp³-hybridized carbons (Fsp3) is 0.667. The molecule has 4 nitrogen and oxygen atoms in total. The van der Waals surface area contributed by atoms with Crippen LogP contribution >= 0.6 is 0 Å². The highest BCUT2D eigenvalue weighted by Crippen LogP contribution is 2.23. The van der Waals surface area contributed by atoms with Crippen LogP contribution in [0.4, 0.5) is 0 Å². The van der Waals surface area contributed by atoms with Gasteiger partial charge in [0, 0.05) is 7.11 Å². The van der Waals surface area contributed by atoms with Gasteiger partial charge >= 0.3 is 5.97 Å². The Morgan fingerprint density at radius 3 is 2.60 bits per heavy atom. The van der Waals surface area contributed by atoms with E-state index in [2.05, 4.69) is 4.74 Å². The predicted molar refractivity (Wildman–Crippen MR) is 33.8 cm³/mol. The molecule has 4 heteroatoms. The van der Waals surface area contributed by atoms with E-state index in [1.807, 2.05) is 0 Å². The van der Waals surface area contributed by atoms with E-state index >= 15 is 0 Å². The molecule has 0 aromatic rings. The Hall–Kier alpha value is -0.900. The number of cyclic esters (lactones) is 1. The molecule has 0 spiro atoms. The SMILES string of the molecule is COC1(C)CC(=O)OC1=N. The lowest BCUT2D eigenvalue weighted by Gasteiger charge is -2.16. The molecule has 1 heterocycles. The molecule has 0 saturated carbocycles. The molecule has 0 aromatic carbocycles. The van der Waals surface area contributed by atoms with Crippen LogP contribution < -0.4 is 0 Å². The Kier molecular flexibility index (Phi) is 1.48. The van der Waals surface area contributed by atoms with E-state index in [1.54, 1.807) is 6.92 Å². The topological polar surface area (TPSA) is 59.4 Å².